The van der Waals surface area contributed by atoms with Crippen LogP contribution in [-0.4, -0.2) is 90.7 Å². The number of carbonyl (C=O) groups excluding carboxylic acids is 2. The predicted octanol–water partition coefficient (Wildman–Crippen LogP) is 0.472. The summed E-state index contributed by atoms with van der Waals surface area (Å²) in [5, 5.41) is 68.3. The lowest BCUT2D eigenvalue weighted by atomic mass is 9.97. The average molecular weight is 535 g/mol. The van der Waals surface area contributed by atoms with Gasteiger partial charge in [-0.2, -0.15) is 0 Å². The van der Waals surface area contributed by atoms with Crippen molar-refractivity contribution in [3.8, 4) is 17.2 Å². The maximum Gasteiger partial charge on any atom is 0.200 e. The summed E-state index contributed by atoms with van der Waals surface area (Å²) in [6, 6.07) is 10.7. The molecule has 6 atom stereocenters. The molecule has 1 heterocycles. The SMILES string of the molecule is O=C(CCCc1ccc(O)c(O)c1)C(=O)C[C@H](CCc1ccc(O)cc1)O[C@@H]1O[C@H](CO)[C@@H](O)[C@H](O)[C@H]1O. The van der Waals surface area contributed by atoms with E-state index in [9.17, 15) is 45.3 Å². The molecule has 2 aromatic rings. The van der Waals surface area contributed by atoms with E-state index in [-0.39, 0.29) is 36.5 Å². The standard InChI is InChI=1S/C27H34O11/c28-14-23-24(34)25(35)26(36)27(38-23)37-18(10-6-15-4-8-17(29)9-5-15)13-22(33)19(30)3-1-2-16-7-11-20(31)21(32)12-16/h4-5,7-9,11-12,18,23-29,31-32,34-36H,1-3,6,10,13-14H2/t18-,23+,24+,25-,26+,27+/m0/s1. The molecule has 1 saturated heterocycles. The van der Waals surface area contributed by atoms with Crippen LogP contribution in [0.2, 0.25) is 0 Å². The van der Waals surface area contributed by atoms with Crippen molar-refractivity contribution in [1.29, 1.82) is 0 Å². The van der Waals surface area contributed by atoms with Crippen molar-refractivity contribution in [2.75, 3.05) is 6.61 Å². The number of ether oxygens (including phenoxy) is 2. The number of ketones is 2. The summed E-state index contributed by atoms with van der Waals surface area (Å²) < 4.78 is 11.2. The number of Topliss-reactive ketones (excluding diaryl/α,β-unsaturated/α-hetero) is 2. The smallest absolute Gasteiger partial charge is 0.200 e. The molecular formula is C27H34O11. The van der Waals surface area contributed by atoms with Gasteiger partial charge in [0.1, 0.15) is 30.2 Å². The highest BCUT2D eigenvalue weighted by atomic mass is 16.7. The van der Waals surface area contributed by atoms with Gasteiger partial charge in [0.25, 0.3) is 0 Å². The van der Waals surface area contributed by atoms with Gasteiger partial charge in [0.05, 0.1) is 12.7 Å². The molecule has 11 heteroatoms. The van der Waals surface area contributed by atoms with E-state index in [2.05, 4.69) is 0 Å². The zero-order valence-electron chi connectivity index (χ0n) is 20.7. The highest BCUT2D eigenvalue weighted by molar-refractivity contribution is 6.37. The second-order valence-electron chi connectivity index (χ2n) is 9.39. The van der Waals surface area contributed by atoms with E-state index in [0.29, 0.717) is 24.8 Å². The van der Waals surface area contributed by atoms with Gasteiger partial charge in [0.15, 0.2) is 23.6 Å². The molecule has 0 spiro atoms. The number of hydrogen-bond acceptors (Lipinski definition) is 11. The highest BCUT2D eigenvalue weighted by Gasteiger charge is 2.45. The molecule has 38 heavy (non-hydrogen) atoms. The Morgan fingerprint density at radius 1 is 0.842 bits per heavy atom. The van der Waals surface area contributed by atoms with Crippen LogP contribution in [-0.2, 0) is 31.9 Å². The molecule has 2 aromatic carbocycles. The zero-order chi connectivity index (χ0) is 27.8. The quantitative estimate of drug-likeness (QED) is 0.139. The molecule has 7 N–H and O–H groups in total. The van der Waals surface area contributed by atoms with Crippen LogP contribution in [0, 0.1) is 0 Å². The van der Waals surface area contributed by atoms with Crippen LogP contribution in [0.5, 0.6) is 17.2 Å². The predicted molar refractivity (Wildman–Crippen MR) is 132 cm³/mol. The van der Waals surface area contributed by atoms with Gasteiger partial charge < -0.3 is 45.2 Å². The largest absolute Gasteiger partial charge is 0.508 e. The number of carbonyl (C=O) groups is 2. The van der Waals surface area contributed by atoms with E-state index in [4.69, 9.17) is 9.47 Å². The van der Waals surface area contributed by atoms with E-state index in [1.807, 2.05) is 0 Å². The molecule has 0 aliphatic carbocycles. The third kappa shape index (κ3) is 7.97. The Kier molecular flexibility index (Phi) is 10.6. The number of aliphatic hydroxyl groups is 4. The Morgan fingerprint density at radius 3 is 2.18 bits per heavy atom. The molecule has 0 aromatic heterocycles. The number of phenols is 3. The van der Waals surface area contributed by atoms with E-state index in [1.54, 1.807) is 18.2 Å². The molecular weight excluding hydrogens is 500 g/mol. The van der Waals surface area contributed by atoms with Gasteiger partial charge in [0, 0.05) is 12.8 Å². The van der Waals surface area contributed by atoms with Crippen LogP contribution >= 0.6 is 0 Å². The molecule has 1 fully saturated rings. The molecule has 11 nitrogen and oxygen atoms in total. The van der Waals surface area contributed by atoms with Crippen LogP contribution in [0.15, 0.2) is 42.5 Å². The van der Waals surface area contributed by atoms with E-state index in [1.165, 1.54) is 24.3 Å². The van der Waals surface area contributed by atoms with Gasteiger partial charge in [-0.25, -0.2) is 0 Å². The van der Waals surface area contributed by atoms with Gasteiger partial charge in [-0.15, -0.1) is 0 Å². The van der Waals surface area contributed by atoms with Gasteiger partial charge >= 0.3 is 0 Å². The topological polar surface area (TPSA) is 194 Å². The van der Waals surface area contributed by atoms with Gasteiger partial charge in [-0.3, -0.25) is 9.59 Å². The lowest BCUT2D eigenvalue weighted by Crippen LogP contribution is -2.59. The summed E-state index contributed by atoms with van der Waals surface area (Å²) in [6.07, 6.45) is -7.44. The minimum atomic E-state index is -1.66. The number of phenolic OH excluding ortho intramolecular Hbond substituents is 3. The first kappa shape index (κ1) is 29.5. The fraction of sp³-hybridized carbons (Fsp3) is 0.481. The first-order valence-electron chi connectivity index (χ1n) is 12.4. The third-order valence-electron chi connectivity index (χ3n) is 6.50. The first-order valence-corrected chi connectivity index (χ1v) is 12.4. The molecule has 1 aliphatic rings. The van der Waals surface area contributed by atoms with E-state index >= 15 is 0 Å². The van der Waals surface area contributed by atoms with Crippen LogP contribution in [0.25, 0.3) is 0 Å². The Hall–Kier alpha value is -3.06. The minimum absolute atomic E-state index is 0.0504. The van der Waals surface area contributed by atoms with Crippen molar-refractivity contribution < 1.29 is 54.8 Å². The van der Waals surface area contributed by atoms with Crippen molar-refractivity contribution in [2.24, 2.45) is 0 Å². The summed E-state index contributed by atoms with van der Waals surface area (Å²) in [4.78, 5) is 25.3. The Labute approximate surface area is 219 Å². The molecule has 0 bridgehead atoms. The number of aromatic hydroxyl groups is 3. The second kappa shape index (κ2) is 13.7. The minimum Gasteiger partial charge on any atom is -0.508 e. The third-order valence-corrected chi connectivity index (χ3v) is 6.50. The van der Waals surface area contributed by atoms with E-state index < -0.39 is 55.0 Å². The average Bonchev–Trinajstić information content (AvgIpc) is 2.90. The highest BCUT2D eigenvalue weighted by Crippen LogP contribution is 2.27. The fourth-order valence-corrected chi connectivity index (χ4v) is 4.22. The molecule has 3 rings (SSSR count). The van der Waals surface area contributed by atoms with Crippen LogP contribution in [0.1, 0.15) is 36.8 Å². The summed E-state index contributed by atoms with van der Waals surface area (Å²) in [5.74, 6) is -1.76. The van der Waals surface area contributed by atoms with Crippen molar-refractivity contribution in [1.82, 2.24) is 0 Å². The van der Waals surface area contributed by atoms with Crippen molar-refractivity contribution in [3.05, 3.63) is 53.6 Å². The van der Waals surface area contributed by atoms with Crippen molar-refractivity contribution in [2.45, 2.75) is 75.3 Å². The lowest BCUT2D eigenvalue weighted by molar-refractivity contribution is -0.311. The lowest BCUT2D eigenvalue weighted by Gasteiger charge is -2.40. The molecule has 208 valence electrons. The van der Waals surface area contributed by atoms with E-state index in [0.717, 1.165) is 5.56 Å². The van der Waals surface area contributed by atoms with Crippen LogP contribution in [0.4, 0.5) is 0 Å². The molecule has 0 radical (unpaired) electrons. The molecule has 0 amide bonds. The van der Waals surface area contributed by atoms with Crippen molar-refractivity contribution in [3.63, 3.8) is 0 Å². The number of aliphatic hydroxyl groups excluding tert-OH is 4. The Morgan fingerprint density at radius 2 is 1.53 bits per heavy atom. The number of rotatable bonds is 13. The maximum absolute atomic E-state index is 12.7. The molecule has 0 unspecified atom stereocenters. The van der Waals surface area contributed by atoms with Gasteiger partial charge in [-0.05, 0) is 61.1 Å². The summed E-state index contributed by atoms with van der Waals surface area (Å²) in [5.41, 5.74) is 1.51. The normalized spacial score (nSPS) is 24.2. The maximum atomic E-state index is 12.7. The Bertz CT molecular complexity index is 1070. The first-order chi connectivity index (χ1) is 18.1. The molecule has 0 saturated carbocycles. The summed E-state index contributed by atoms with van der Waals surface area (Å²) in [6.45, 7) is -0.640. The summed E-state index contributed by atoms with van der Waals surface area (Å²) >= 11 is 0. The van der Waals surface area contributed by atoms with Crippen LogP contribution < -0.4 is 0 Å². The zero-order valence-corrected chi connectivity index (χ0v) is 20.7. The number of aryl methyl sites for hydroxylation is 2. The molecule has 1 aliphatic heterocycles. The van der Waals surface area contributed by atoms with Gasteiger partial charge in [-0.1, -0.05) is 18.2 Å². The number of hydrogen-bond donors (Lipinski definition) is 7. The van der Waals surface area contributed by atoms with Crippen molar-refractivity contribution >= 4 is 11.6 Å². The monoisotopic (exact) mass is 534 g/mol. The Balaban J connectivity index is 1.62. The van der Waals surface area contributed by atoms with Crippen LogP contribution in [0.3, 0.4) is 0 Å². The fourth-order valence-electron chi connectivity index (χ4n) is 4.22. The second-order valence-corrected chi connectivity index (χ2v) is 9.39. The van der Waals surface area contributed by atoms with Gasteiger partial charge in [0.2, 0.25) is 5.78 Å². The number of benzene rings is 2. The summed E-state index contributed by atoms with van der Waals surface area (Å²) in [7, 11) is 0.